The van der Waals surface area contributed by atoms with Gasteiger partial charge in [0.05, 0.1) is 25.4 Å². The van der Waals surface area contributed by atoms with E-state index in [4.69, 9.17) is 4.74 Å². The van der Waals surface area contributed by atoms with Crippen molar-refractivity contribution in [2.24, 2.45) is 0 Å². The molecule has 0 saturated heterocycles. The highest BCUT2D eigenvalue weighted by atomic mass is 16.5. The molecule has 0 fully saturated rings. The van der Waals surface area contributed by atoms with E-state index in [1.165, 1.54) is 225 Å². The van der Waals surface area contributed by atoms with Gasteiger partial charge in [0.25, 0.3) is 0 Å². The average molecular weight is 903 g/mol. The van der Waals surface area contributed by atoms with E-state index in [9.17, 15) is 19.8 Å². The quantitative estimate of drug-likeness (QED) is 0.0321. The van der Waals surface area contributed by atoms with Crippen LogP contribution in [0.3, 0.4) is 0 Å². The van der Waals surface area contributed by atoms with Gasteiger partial charge >= 0.3 is 5.97 Å². The molecule has 6 heteroatoms. The van der Waals surface area contributed by atoms with E-state index >= 15 is 0 Å². The fourth-order valence-corrected chi connectivity index (χ4v) is 8.81. The molecule has 0 heterocycles. The Hall–Kier alpha value is -1.66. The molecule has 0 aromatic rings. The number of aliphatic hydroxyl groups is 2. The van der Waals surface area contributed by atoms with Crippen LogP contribution in [0.1, 0.15) is 309 Å². The van der Waals surface area contributed by atoms with E-state index in [1.807, 2.05) is 6.08 Å². The minimum absolute atomic E-state index is 0.00109. The Morgan fingerprint density at radius 1 is 0.422 bits per heavy atom. The summed E-state index contributed by atoms with van der Waals surface area (Å²) in [6, 6.07) is -0.636. The van der Waals surface area contributed by atoms with Crippen LogP contribution in [0.5, 0.6) is 0 Å². The van der Waals surface area contributed by atoms with Crippen molar-refractivity contribution in [2.75, 3.05) is 13.2 Å². The molecule has 1 amide bonds. The van der Waals surface area contributed by atoms with Gasteiger partial charge in [-0.05, 0) is 57.8 Å². The topological polar surface area (TPSA) is 95.9 Å². The lowest BCUT2D eigenvalue weighted by Crippen LogP contribution is -2.45. The monoisotopic (exact) mass is 902 g/mol. The molecule has 378 valence electrons. The molecule has 3 N–H and O–H groups in total. The fraction of sp³-hybridized carbons (Fsp3) is 0.897. The number of unbranched alkanes of at least 4 members (excludes halogenated alkanes) is 40. The summed E-state index contributed by atoms with van der Waals surface area (Å²) >= 11 is 0. The van der Waals surface area contributed by atoms with Crippen molar-refractivity contribution < 1.29 is 24.5 Å². The number of hydrogen-bond acceptors (Lipinski definition) is 5. The number of amides is 1. The number of carbonyl (C=O) groups excluding carboxylic acids is 2. The Morgan fingerprint density at radius 3 is 1.11 bits per heavy atom. The second-order valence-electron chi connectivity index (χ2n) is 19.6. The molecule has 2 atom stereocenters. The van der Waals surface area contributed by atoms with Crippen LogP contribution in [0.4, 0.5) is 0 Å². The Bertz CT molecular complexity index is 997. The van der Waals surface area contributed by atoms with Gasteiger partial charge in [-0.15, -0.1) is 0 Å². The van der Waals surface area contributed by atoms with Crippen molar-refractivity contribution >= 4 is 11.9 Å². The molecule has 0 aliphatic carbocycles. The van der Waals surface area contributed by atoms with Gasteiger partial charge in [0.15, 0.2) is 0 Å². The van der Waals surface area contributed by atoms with Crippen LogP contribution in [-0.2, 0) is 14.3 Å². The number of rotatable bonds is 53. The Labute approximate surface area is 399 Å². The molecule has 2 unspecified atom stereocenters. The van der Waals surface area contributed by atoms with Gasteiger partial charge in [0.1, 0.15) is 0 Å². The third-order valence-corrected chi connectivity index (χ3v) is 13.2. The second kappa shape index (κ2) is 54.0. The number of aliphatic hydroxyl groups excluding tert-OH is 2. The largest absolute Gasteiger partial charge is 0.466 e. The second-order valence-corrected chi connectivity index (χ2v) is 19.6. The average Bonchev–Trinajstić information content (AvgIpc) is 3.29. The van der Waals surface area contributed by atoms with Gasteiger partial charge in [-0.3, -0.25) is 9.59 Å². The van der Waals surface area contributed by atoms with E-state index < -0.39 is 12.1 Å². The maximum absolute atomic E-state index is 12.5. The van der Waals surface area contributed by atoms with Crippen molar-refractivity contribution in [3.63, 3.8) is 0 Å². The molecule has 0 radical (unpaired) electrons. The number of nitrogens with one attached hydrogen (secondary N) is 1. The van der Waals surface area contributed by atoms with Crippen molar-refractivity contribution in [1.29, 1.82) is 0 Å². The van der Waals surface area contributed by atoms with Gasteiger partial charge in [0, 0.05) is 12.8 Å². The van der Waals surface area contributed by atoms with E-state index in [0.29, 0.717) is 19.4 Å². The molecule has 0 aromatic heterocycles. The lowest BCUT2D eigenvalue weighted by atomic mass is 10.0. The Kier molecular flexibility index (Phi) is 52.6. The molecule has 0 rings (SSSR count). The van der Waals surface area contributed by atoms with Crippen molar-refractivity contribution in [2.45, 2.75) is 321 Å². The van der Waals surface area contributed by atoms with E-state index in [2.05, 4.69) is 31.3 Å². The predicted molar refractivity (Wildman–Crippen MR) is 278 cm³/mol. The highest BCUT2D eigenvalue weighted by Crippen LogP contribution is 2.16. The fourth-order valence-electron chi connectivity index (χ4n) is 8.81. The number of ether oxygens (including phenoxy) is 1. The predicted octanol–water partition coefficient (Wildman–Crippen LogP) is 17.5. The first kappa shape index (κ1) is 62.3. The number of esters is 1. The number of carbonyl (C=O) groups is 2. The summed E-state index contributed by atoms with van der Waals surface area (Å²) in [4.78, 5) is 24.5. The molecule has 6 nitrogen and oxygen atoms in total. The van der Waals surface area contributed by atoms with Crippen LogP contribution in [-0.4, -0.2) is 47.4 Å². The van der Waals surface area contributed by atoms with Crippen LogP contribution in [0.25, 0.3) is 0 Å². The minimum atomic E-state index is -0.852. The summed E-state index contributed by atoms with van der Waals surface area (Å²) in [6.07, 6.45) is 64.8. The molecule has 0 aliphatic heterocycles. The van der Waals surface area contributed by atoms with E-state index in [1.54, 1.807) is 6.08 Å². The first-order valence-electron chi connectivity index (χ1n) is 28.6. The molecule has 0 aromatic carbocycles. The Balaban J connectivity index is 3.49. The highest BCUT2D eigenvalue weighted by molar-refractivity contribution is 5.76. The lowest BCUT2D eigenvalue weighted by molar-refractivity contribution is -0.143. The van der Waals surface area contributed by atoms with Gasteiger partial charge in [-0.25, -0.2) is 0 Å². The number of allylic oxidation sites excluding steroid dienone is 3. The third kappa shape index (κ3) is 49.8. The lowest BCUT2D eigenvalue weighted by Gasteiger charge is -2.20. The maximum atomic E-state index is 12.5. The van der Waals surface area contributed by atoms with Crippen LogP contribution in [0.15, 0.2) is 24.3 Å². The molecule has 0 saturated carbocycles. The summed E-state index contributed by atoms with van der Waals surface area (Å²) in [5, 5.41) is 23.1. The zero-order chi connectivity index (χ0) is 46.5. The van der Waals surface area contributed by atoms with Crippen molar-refractivity contribution in [1.82, 2.24) is 5.32 Å². The first-order chi connectivity index (χ1) is 31.5. The summed E-state index contributed by atoms with van der Waals surface area (Å²) < 4.78 is 5.46. The molecule has 0 aliphatic rings. The van der Waals surface area contributed by atoms with Crippen molar-refractivity contribution in [3.05, 3.63) is 24.3 Å². The molecule has 0 bridgehead atoms. The van der Waals surface area contributed by atoms with Gasteiger partial charge < -0.3 is 20.3 Å². The molecular weight excluding hydrogens is 791 g/mol. The van der Waals surface area contributed by atoms with Gasteiger partial charge in [-0.2, -0.15) is 0 Å². The van der Waals surface area contributed by atoms with Gasteiger partial charge in [-0.1, -0.05) is 263 Å². The van der Waals surface area contributed by atoms with E-state index in [0.717, 1.165) is 57.8 Å². The summed E-state index contributed by atoms with van der Waals surface area (Å²) in [7, 11) is 0. The zero-order valence-electron chi connectivity index (χ0n) is 43.0. The maximum Gasteiger partial charge on any atom is 0.305 e. The molecule has 64 heavy (non-hydrogen) atoms. The summed E-state index contributed by atoms with van der Waals surface area (Å²) in [5.41, 5.74) is 0. The SMILES string of the molecule is CCCCCCCCCCCCCCCCC/C=C/C(O)C(CO)NC(=O)CCCCCCCCC/C=C\CCCCCCCCOC(=O)CCCCCCCCCCCCCCC. The Morgan fingerprint density at radius 2 is 0.734 bits per heavy atom. The smallest absolute Gasteiger partial charge is 0.305 e. The highest BCUT2D eigenvalue weighted by Gasteiger charge is 2.18. The van der Waals surface area contributed by atoms with Gasteiger partial charge in [0.2, 0.25) is 5.91 Å². The molecular formula is C58H111NO5. The number of hydrogen-bond donors (Lipinski definition) is 3. The van der Waals surface area contributed by atoms with Crippen molar-refractivity contribution in [3.8, 4) is 0 Å². The van der Waals surface area contributed by atoms with E-state index in [-0.39, 0.29) is 18.5 Å². The normalized spacial score (nSPS) is 12.8. The summed E-state index contributed by atoms with van der Waals surface area (Å²) in [6.45, 7) is 4.90. The summed E-state index contributed by atoms with van der Waals surface area (Å²) in [5.74, 6) is -0.0794. The standard InChI is InChI=1S/C58H111NO5/c1-3-5-7-9-11-13-15-17-18-20-23-27-30-34-38-42-46-50-56(61)55(54-60)59-57(62)51-47-43-39-35-31-28-24-21-19-22-25-29-33-37-41-45-49-53-64-58(63)52-48-44-40-36-32-26-16-14-12-10-8-6-4-2/h19,22,46,50,55-56,60-61H,3-18,20-21,23-45,47-49,51-54H2,1-2H3,(H,59,62)/b22-19-,50-46+. The van der Waals surface area contributed by atoms with Crippen LogP contribution < -0.4 is 5.32 Å². The zero-order valence-corrected chi connectivity index (χ0v) is 43.0. The van der Waals surface area contributed by atoms with Crippen LogP contribution in [0.2, 0.25) is 0 Å². The van der Waals surface area contributed by atoms with Crippen LogP contribution >= 0.6 is 0 Å². The first-order valence-corrected chi connectivity index (χ1v) is 28.6. The third-order valence-electron chi connectivity index (χ3n) is 13.2. The van der Waals surface area contributed by atoms with Crippen LogP contribution in [0, 0.1) is 0 Å². The minimum Gasteiger partial charge on any atom is -0.466 e. The molecule has 0 spiro atoms.